The van der Waals surface area contributed by atoms with E-state index in [4.69, 9.17) is 4.74 Å². The quantitative estimate of drug-likeness (QED) is 0.856. The Bertz CT molecular complexity index is 449. The third-order valence-corrected chi connectivity index (χ3v) is 5.10. The number of rotatable bonds is 3. The van der Waals surface area contributed by atoms with Gasteiger partial charge in [0, 0.05) is 24.5 Å². The average Bonchev–Trinajstić information content (AvgIpc) is 3.09. The van der Waals surface area contributed by atoms with Crippen LogP contribution in [0, 0.1) is 0 Å². The van der Waals surface area contributed by atoms with Crippen molar-refractivity contribution in [2.24, 2.45) is 0 Å². The lowest BCUT2D eigenvalue weighted by atomic mass is 10.2. The van der Waals surface area contributed by atoms with Crippen LogP contribution in [0.2, 0.25) is 0 Å². The fourth-order valence-electron chi connectivity index (χ4n) is 3.16. The van der Waals surface area contributed by atoms with Gasteiger partial charge in [-0.2, -0.15) is 0 Å². The Labute approximate surface area is 124 Å². The topological polar surface area (TPSA) is 32.8 Å². The summed E-state index contributed by atoms with van der Waals surface area (Å²) in [7, 11) is 0. The highest BCUT2D eigenvalue weighted by Crippen LogP contribution is 2.34. The monoisotopic (exact) mass is 294 g/mol. The number of hydrogen-bond donors (Lipinski definition) is 0. The summed E-state index contributed by atoms with van der Waals surface area (Å²) < 4.78 is 5.53. The molecule has 0 radical (unpaired) electrons. The Morgan fingerprint density at radius 1 is 1.50 bits per heavy atom. The Balaban J connectivity index is 1.61. The Morgan fingerprint density at radius 3 is 3.15 bits per heavy atom. The van der Waals surface area contributed by atoms with Gasteiger partial charge in [0.2, 0.25) is 5.91 Å². The minimum atomic E-state index is 0.239. The SMILES string of the molecule is C[C@@H]1CN(CC(=O)N2CCC[C@H]2c2cccs2)CCO1. The molecule has 2 aliphatic heterocycles. The smallest absolute Gasteiger partial charge is 0.237 e. The van der Waals surface area contributed by atoms with E-state index in [9.17, 15) is 4.79 Å². The molecule has 0 spiro atoms. The standard InChI is InChI=1S/C15H22N2O2S/c1-12-10-16(7-8-19-12)11-15(18)17-6-2-4-13(17)14-5-3-9-20-14/h3,5,9,12-13H,2,4,6-8,10-11H2,1H3/t12-,13+/m1/s1. The van der Waals surface area contributed by atoms with Gasteiger partial charge in [0.15, 0.2) is 0 Å². The van der Waals surface area contributed by atoms with Crippen LogP contribution in [0.5, 0.6) is 0 Å². The van der Waals surface area contributed by atoms with Crippen LogP contribution < -0.4 is 0 Å². The van der Waals surface area contributed by atoms with Gasteiger partial charge in [-0.25, -0.2) is 0 Å². The van der Waals surface area contributed by atoms with E-state index < -0.39 is 0 Å². The van der Waals surface area contributed by atoms with E-state index >= 15 is 0 Å². The summed E-state index contributed by atoms with van der Waals surface area (Å²) in [4.78, 5) is 18.2. The molecule has 0 aliphatic carbocycles. The van der Waals surface area contributed by atoms with E-state index in [-0.39, 0.29) is 12.0 Å². The maximum Gasteiger partial charge on any atom is 0.237 e. The molecule has 110 valence electrons. The molecule has 3 rings (SSSR count). The molecule has 5 heteroatoms. The van der Waals surface area contributed by atoms with Crippen molar-refractivity contribution in [2.75, 3.05) is 32.8 Å². The molecule has 2 saturated heterocycles. The Hall–Kier alpha value is -0.910. The van der Waals surface area contributed by atoms with E-state index in [1.807, 2.05) is 0 Å². The highest BCUT2D eigenvalue weighted by Gasteiger charge is 2.31. The zero-order valence-electron chi connectivity index (χ0n) is 12.0. The molecule has 1 amide bonds. The van der Waals surface area contributed by atoms with Crippen molar-refractivity contribution < 1.29 is 9.53 Å². The van der Waals surface area contributed by atoms with Gasteiger partial charge in [-0.3, -0.25) is 9.69 Å². The minimum Gasteiger partial charge on any atom is -0.376 e. The van der Waals surface area contributed by atoms with Crippen molar-refractivity contribution in [1.82, 2.24) is 9.80 Å². The predicted molar refractivity (Wildman–Crippen MR) is 79.9 cm³/mol. The van der Waals surface area contributed by atoms with Gasteiger partial charge in [-0.1, -0.05) is 6.07 Å². The summed E-state index contributed by atoms with van der Waals surface area (Å²) in [5.41, 5.74) is 0. The number of morpholine rings is 1. The maximum absolute atomic E-state index is 12.6. The summed E-state index contributed by atoms with van der Waals surface area (Å²) in [6.07, 6.45) is 2.46. The molecule has 0 saturated carbocycles. The largest absolute Gasteiger partial charge is 0.376 e. The van der Waals surface area contributed by atoms with Gasteiger partial charge in [0.1, 0.15) is 0 Å². The molecule has 3 heterocycles. The number of ether oxygens (including phenoxy) is 1. The summed E-state index contributed by atoms with van der Waals surface area (Å²) in [6.45, 7) is 5.98. The van der Waals surface area contributed by atoms with E-state index in [2.05, 4.69) is 34.2 Å². The summed E-state index contributed by atoms with van der Waals surface area (Å²) in [5.74, 6) is 0.273. The average molecular weight is 294 g/mol. The number of hydrogen-bond acceptors (Lipinski definition) is 4. The zero-order chi connectivity index (χ0) is 13.9. The van der Waals surface area contributed by atoms with Gasteiger partial charge in [0.25, 0.3) is 0 Å². The fraction of sp³-hybridized carbons (Fsp3) is 0.667. The van der Waals surface area contributed by atoms with Crippen molar-refractivity contribution in [1.29, 1.82) is 0 Å². The lowest BCUT2D eigenvalue weighted by molar-refractivity contribution is -0.135. The number of nitrogens with zero attached hydrogens (tertiary/aromatic N) is 2. The lowest BCUT2D eigenvalue weighted by Gasteiger charge is -2.33. The summed E-state index contributed by atoms with van der Waals surface area (Å²) in [5, 5.41) is 2.10. The van der Waals surface area contributed by atoms with Crippen LogP contribution in [0.25, 0.3) is 0 Å². The summed E-state index contributed by atoms with van der Waals surface area (Å²) in [6, 6.07) is 4.53. The van der Waals surface area contributed by atoms with Crippen LogP contribution in [0.15, 0.2) is 17.5 Å². The molecule has 1 aromatic heterocycles. The molecule has 1 aromatic rings. The van der Waals surface area contributed by atoms with Crippen molar-refractivity contribution in [3.05, 3.63) is 22.4 Å². The molecule has 20 heavy (non-hydrogen) atoms. The number of carbonyl (C=O) groups is 1. The summed E-state index contributed by atoms with van der Waals surface area (Å²) >= 11 is 1.76. The molecule has 2 aliphatic rings. The molecule has 2 atom stereocenters. The second-order valence-corrected chi connectivity index (χ2v) is 6.66. The van der Waals surface area contributed by atoms with E-state index in [1.54, 1.807) is 11.3 Å². The van der Waals surface area contributed by atoms with Gasteiger partial charge in [-0.15, -0.1) is 11.3 Å². The molecule has 0 unspecified atom stereocenters. The van der Waals surface area contributed by atoms with E-state index in [0.29, 0.717) is 12.6 Å². The van der Waals surface area contributed by atoms with Crippen molar-refractivity contribution in [2.45, 2.75) is 31.9 Å². The van der Waals surface area contributed by atoms with Crippen LogP contribution in [-0.4, -0.2) is 54.6 Å². The number of likely N-dealkylation sites (tertiary alicyclic amines) is 1. The molecule has 4 nitrogen and oxygen atoms in total. The van der Waals surface area contributed by atoms with E-state index in [1.165, 1.54) is 4.88 Å². The molecular formula is C15H22N2O2S. The minimum absolute atomic E-state index is 0.239. The van der Waals surface area contributed by atoms with Gasteiger partial charge >= 0.3 is 0 Å². The first-order chi connectivity index (χ1) is 9.74. The molecule has 0 N–H and O–H groups in total. The second kappa shape index (κ2) is 6.24. The molecule has 0 aromatic carbocycles. The second-order valence-electron chi connectivity index (χ2n) is 5.68. The van der Waals surface area contributed by atoms with E-state index in [0.717, 1.165) is 39.1 Å². The lowest BCUT2D eigenvalue weighted by Crippen LogP contribution is -2.46. The normalized spacial score (nSPS) is 27.9. The van der Waals surface area contributed by atoms with Crippen molar-refractivity contribution in [3.63, 3.8) is 0 Å². The fourth-order valence-corrected chi connectivity index (χ4v) is 4.03. The first-order valence-corrected chi connectivity index (χ1v) is 8.29. The van der Waals surface area contributed by atoms with Gasteiger partial charge in [-0.05, 0) is 31.2 Å². The Kier molecular flexibility index (Phi) is 4.38. The first-order valence-electron chi connectivity index (χ1n) is 7.41. The van der Waals surface area contributed by atoms with Crippen molar-refractivity contribution in [3.8, 4) is 0 Å². The molecule has 0 bridgehead atoms. The van der Waals surface area contributed by atoms with Crippen LogP contribution in [0.1, 0.15) is 30.7 Å². The molecule has 2 fully saturated rings. The molecular weight excluding hydrogens is 272 g/mol. The van der Waals surface area contributed by atoms with Crippen LogP contribution in [-0.2, 0) is 9.53 Å². The third-order valence-electron chi connectivity index (χ3n) is 4.13. The maximum atomic E-state index is 12.6. The third kappa shape index (κ3) is 3.05. The van der Waals surface area contributed by atoms with Gasteiger partial charge < -0.3 is 9.64 Å². The number of carbonyl (C=O) groups excluding carboxylic acids is 1. The zero-order valence-corrected chi connectivity index (χ0v) is 12.8. The highest BCUT2D eigenvalue weighted by atomic mass is 32.1. The highest BCUT2D eigenvalue weighted by molar-refractivity contribution is 7.10. The first kappa shape index (κ1) is 14.0. The number of amides is 1. The van der Waals surface area contributed by atoms with Crippen LogP contribution >= 0.6 is 11.3 Å². The van der Waals surface area contributed by atoms with Crippen LogP contribution in [0.4, 0.5) is 0 Å². The van der Waals surface area contributed by atoms with Gasteiger partial charge in [0.05, 0.1) is 25.3 Å². The number of thiophene rings is 1. The van der Waals surface area contributed by atoms with Crippen LogP contribution in [0.3, 0.4) is 0 Å². The predicted octanol–water partition coefficient (Wildman–Crippen LogP) is 2.13. The Morgan fingerprint density at radius 2 is 2.40 bits per heavy atom. The van der Waals surface area contributed by atoms with Crippen molar-refractivity contribution >= 4 is 17.2 Å².